The fourth-order valence-corrected chi connectivity index (χ4v) is 6.18. The number of rotatable bonds is 36. The summed E-state index contributed by atoms with van der Waals surface area (Å²) in [5, 5.41) is 23.1. The molecular weight excluding hydrogens is 542 g/mol. The maximum absolute atomic E-state index is 12.4. The highest BCUT2D eigenvalue weighted by molar-refractivity contribution is 5.76. The summed E-state index contributed by atoms with van der Waals surface area (Å²) < 4.78 is 0. The van der Waals surface area contributed by atoms with E-state index in [0.29, 0.717) is 12.8 Å². The van der Waals surface area contributed by atoms with Crippen LogP contribution in [-0.4, -0.2) is 34.9 Å². The summed E-state index contributed by atoms with van der Waals surface area (Å²) in [4.78, 5) is 12.4. The first kappa shape index (κ1) is 43.1. The van der Waals surface area contributed by atoms with Crippen LogP contribution in [0.15, 0.2) is 12.2 Å². The van der Waals surface area contributed by atoms with Gasteiger partial charge in [0, 0.05) is 6.42 Å². The topological polar surface area (TPSA) is 69.6 Å². The summed E-state index contributed by atoms with van der Waals surface area (Å²) in [6.07, 6.45) is 44.1. The van der Waals surface area contributed by atoms with Crippen molar-refractivity contribution in [2.45, 2.75) is 231 Å². The van der Waals surface area contributed by atoms with Crippen LogP contribution >= 0.6 is 0 Å². The monoisotopic (exact) mass is 622 g/mol. The van der Waals surface area contributed by atoms with Gasteiger partial charge in [-0.3, -0.25) is 4.79 Å². The third-order valence-electron chi connectivity index (χ3n) is 9.28. The molecule has 0 aromatic carbocycles. The Kier molecular flexibility index (Phi) is 35.9. The van der Waals surface area contributed by atoms with Crippen LogP contribution in [0.25, 0.3) is 0 Å². The maximum atomic E-state index is 12.4. The van der Waals surface area contributed by atoms with Gasteiger partial charge in [-0.05, 0) is 38.5 Å². The second-order valence-electron chi connectivity index (χ2n) is 13.7. The minimum absolute atomic E-state index is 0.0349. The van der Waals surface area contributed by atoms with Crippen LogP contribution in [0, 0.1) is 0 Å². The largest absolute Gasteiger partial charge is 0.394 e. The molecule has 0 aromatic rings. The van der Waals surface area contributed by atoms with Crippen LogP contribution in [0.4, 0.5) is 0 Å². The molecule has 0 saturated carbocycles. The van der Waals surface area contributed by atoms with Gasteiger partial charge in [0.05, 0.1) is 18.8 Å². The molecule has 4 nitrogen and oxygen atoms in total. The van der Waals surface area contributed by atoms with Gasteiger partial charge < -0.3 is 15.5 Å². The predicted octanol–water partition coefficient (Wildman–Crippen LogP) is 11.9. The first-order chi connectivity index (χ1) is 21.7. The van der Waals surface area contributed by atoms with E-state index in [1.807, 2.05) is 0 Å². The van der Waals surface area contributed by atoms with Crippen LogP contribution in [0.3, 0.4) is 0 Å². The standard InChI is InChI=1S/C40H79NO3/c1-3-5-7-9-11-13-15-17-19-20-22-24-26-28-30-32-34-36-40(44)41-38(37-42)39(43)35-33-31-29-27-25-23-21-18-16-14-12-10-8-6-4-2/h17,19,38-39,42-43H,3-16,18,20-37H2,1-2H3,(H,41,44)/b19-17-. The Morgan fingerprint density at radius 1 is 0.523 bits per heavy atom. The fraction of sp³-hybridized carbons (Fsp3) is 0.925. The number of hydrogen-bond donors (Lipinski definition) is 3. The Labute approximate surface area is 276 Å². The molecule has 3 N–H and O–H groups in total. The normalized spacial score (nSPS) is 13.1. The van der Waals surface area contributed by atoms with Crippen molar-refractivity contribution in [2.24, 2.45) is 0 Å². The zero-order valence-corrected chi connectivity index (χ0v) is 29.9. The van der Waals surface area contributed by atoms with Crippen molar-refractivity contribution in [1.29, 1.82) is 0 Å². The van der Waals surface area contributed by atoms with Crippen LogP contribution in [0.2, 0.25) is 0 Å². The molecule has 4 heteroatoms. The molecule has 44 heavy (non-hydrogen) atoms. The summed E-state index contributed by atoms with van der Waals surface area (Å²) in [6.45, 7) is 4.36. The lowest BCUT2D eigenvalue weighted by Gasteiger charge is -2.22. The third kappa shape index (κ3) is 32.5. The summed E-state index contributed by atoms with van der Waals surface area (Å²) in [7, 11) is 0. The molecule has 0 rings (SSSR count). The molecule has 2 atom stereocenters. The zero-order valence-electron chi connectivity index (χ0n) is 29.9. The SMILES string of the molecule is CCCCCCCC/C=C\CCCCCCCCCC(=O)NC(CO)C(O)CCCCCCCCCCCCCCCCC. The van der Waals surface area contributed by atoms with Crippen molar-refractivity contribution in [1.82, 2.24) is 5.32 Å². The smallest absolute Gasteiger partial charge is 0.220 e. The molecule has 0 aliphatic rings. The van der Waals surface area contributed by atoms with E-state index in [0.717, 1.165) is 25.7 Å². The van der Waals surface area contributed by atoms with Crippen molar-refractivity contribution in [3.8, 4) is 0 Å². The Morgan fingerprint density at radius 3 is 1.25 bits per heavy atom. The molecule has 2 unspecified atom stereocenters. The Hall–Kier alpha value is -0.870. The van der Waals surface area contributed by atoms with E-state index < -0.39 is 12.1 Å². The van der Waals surface area contributed by atoms with Crippen molar-refractivity contribution in [3.63, 3.8) is 0 Å². The van der Waals surface area contributed by atoms with Crippen molar-refractivity contribution < 1.29 is 15.0 Å². The van der Waals surface area contributed by atoms with Gasteiger partial charge in [0.2, 0.25) is 5.91 Å². The molecule has 0 heterocycles. The van der Waals surface area contributed by atoms with E-state index in [4.69, 9.17) is 0 Å². The van der Waals surface area contributed by atoms with Gasteiger partial charge in [-0.15, -0.1) is 0 Å². The number of aliphatic hydroxyl groups excluding tert-OH is 2. The lowest BCUT2D eigenvalue weighted by atomic mass is 10.0. The highest BCUT2D eigenvalue weighted by Gasteiger charge is 2.19. The van der Waals surface area contributed by atoms with Crippen LogP contribution < -0.4 is 5.32 Å². The van der Waals surface area contributed by atoms with E-state index in [-0.39, 0.29) is 12.5 Å². The van der Waals surface area contributed by atoms with Gasteiger partial charge in [0.15, 0.2) is 0 Å². The van der Waals surface area contributed by atoms with E-state index in [1.165, 1.54) is 167 Å². The van der Waals surface area contributed by atoms with E-state index >= 15 is 0 Å². The number of allylic oxidation sites excluding steroid dienone is 2. The minimum atomic E-state index is -0.656. The van der Waals surface area contributed by atoms with E-state index in [9.17, 15) is 15.0 Å². The second kappa shape index (κ2) is 36.6. The molecule has 0 fully saturated rings. The average Bonchev–Trinajstić information content (AvgIpc) is 3.03. The first-order valence-electron chi connectivity index (χ1n) is 19.9. The quantitative estimate of drug-likeness (QED) is 0.0481. The maximum Gasteiger partial charge on any atom is 0.220 e. The highest BCUT2D eigenvalue weighted by Crippen LogP contribution is 2.15. The van der Waals surface area contributed by atoms with Gasteiger partial charge >= 0.3 is 0 Å². The van der Waals surface area contributed by atoms with Crippen LogP contribution in [-0.2, 0) is 4.79 Å². The molecule has 0 aromatic heterocycles. The summed E-state index contributed by atoms with van der Waals surface area (Å²) in [5.74, 6) is -0.0349. The summed E-state index contributed by atoms with van der Waals surface area (Å²) in [5.41, 5.74) is 0. The molecule has 0 bridgehead atoms. The highest BCUT2D eigenvalue weighted by atomic mass is 16.3. The van der Waals surface area contributed by atoms with Crippen LogP contribution in [0.5, 0.6) is 0 Å². The first-order valence-corrected chi connectivity index (χ1v) is 19.9. The number of nitrogens with one attached hydrogen (secondary N) is 1. The molecule has 0 spiro atoms. The fourth-order valence-electron chi connectivity index (χ4n) is 6.18. The molecule has 0 radical (unpaired) electrons. The number of unbranched alkanes of at least 4 members (excludes halogenated alkanes) is 27. The number of amides is 1. The summed E-state index contributed by atoms with van der Waals surface area (Å²) in [6, 6.07) is -0.533. The van der Waals surface area contributed by atoms with Gasteiger partial charge in [0.25, 0.3) is 0 Å². The van der Waals surface area contributed by atoms with Gasteiger partial charge in [0.1, 0.15) is 0 Å². The Balaban J connectivity index is 3.53. The summed E-state index contributed by atoms with van der Waals surface area (Å²) >= 11 is 0. The average molecular weight is 622 g/mol. The predicted molar refractivity (Wildman–Crippen MR) is 193 cm³/mol. The van der Waals surface area contributed by atoms with Crippen molar-refractivity contribution in [2.75, 3.05) is 6.61 Å². The molecule has 0 saturated heterocycles. The van der Waals surface area contributed by atoms with Crippen LogP contribution in [0.1, 0.15) is 219 Å². The molecule has 262 valence electrons. The van der Waals surface area contributed by atoms with Crippen molar-refractivity contribution >= 4 is 5.91 Å². The number of carbonyl (C=O) groups excluding carboxylic acids is 1. The number of hydrogen-bond acceptors (Lipinski definition) is 3. The number of aliphatic hydroxyl groups is 2. The molecule has 0 aliphatic heterocycles. The van der Waals surface area contributed by atoms with Crippen molar-refractivity contribution in [3.05, 3.63) is 12.2 Å². The zero-order chi connectivity index (χ0) is 32.2. The van der Waals surface area contributed by atoms with E-state index in [2.05, 4.69) is 31.3 Å². The lowest BCUT2D eigenvalue weighted by molar-refractivity contribution is -0.123. The van der Waals surface area contributed by atoms with Gasteiger partial charge in [-0.2, -0.15) is 0 Å². The number of carbonyl (C=O) groups is 1. The second-order valence-corrected chi connectivity index (χ2v) is 13.7. The van der Waals surface area contributed by atoms with Gasteiger partial charge in [-0.1, -0.05) is 187 Å². The molecule has 1 amide bonds. The van der Waals surface area contributed by atoms with Gasteiger partial charge in [-0.25, -0.2) is 0 Å². The Morgan fingerprint density at radius 2 is 0.864 bits per heavy atom. The Bertz CT molecular complexity index is 593. The third-order valence-corrected chi connectivity index (χ3v) is 9.28. The van der Waals surface area contributed by atoms with E-state index in [1.54, 1.807) is 0 Å². The molecule has 0 aliphatic carbocycles. The molecular formula is C40H79NO3. The minimum Gasteiger partial charge on any atom is -0.394 e. The lowest BCUT2D eigenvalue weighted by Crippen LogP contribution is -2.45.